The Kier molecular flexibility index (Phi) is 6.42. The smallest absolute Gasteiger partial charge is 0.234 e. The van der Waals surface area contributed by atoms with Crippen molar-refractivity contribution in [3.8, 4) is 11.4 Å². The van der Waals surface area contributed by atoms with E-state index in [1.54, 1.807) is 18.2 Å². The fourth-order valence-corrected chi connectivity index (χ4v) is 3.70. The molecule has 27 heavy (non-hydrogen) atoms. The van der Waals surface area contributed by atoms with Gasteiger partial charge in [-0.15, -0.1) is 10.2 Å². The molecule has 140 valence electrons. The summed E-state index contributed by atoms with van der Waals surface area (Å²) in [5.41, 5.74) is 2.75. The minimum absolute atomic E-state index is 0.0988. The van der Waals surface area contributed by atoms with E-state index in [0.29, 0.717) is 21.0 Å². The molecule has 0 fully saturated rings. The Balaban J connectivity index is 1.64. The van der Waals surface area contributed by atoms with E-state index < -0.39 is 0 Å². The molecule has 0 unspecified atom stereocenters. The topological polar surface area (TPSA) is 59.8 Å². The number of aryl methyl sites for hydroxylation is 1. The number of anilines is 1. The molecular formula is C19H18Cl2N4OS. The van der Waals surface area contributed by atoms with E-state index in [1.165, 1.54) is 17.3 Å². The van der Waals surface area contributed by atoms with E-state index in [-0.39, 0.29) is 11.7 Å². The number of hydrogen-bond acceptors (Lipinski definition) is 4. The minimum Gasteiger partial charge on any atom is -0.325 e. The van der Waals surface area contributed by atoms with Crippen molar-refractivity contribution in [2.75, 3.05) is 11.1 Å². The number of halogens is 2. The maximum absolute atomic E-state index is 12.2. The third-order valence-corrected chi connectivity index (χ3v) is 5.55. The first-order valence-corrected chi connectivity index (χ1v) is 10.1. The first-order valence-electron chi connectivity index (χ1n) is 8.34. The molecule has 3 rings (SSSR count). The predicted octanol–water partition coefficient (Wildman–Crippen LogP) is 5.08. The van der Waals surface area contributed by atoms with Crippen molar-refractivity contribution in [3.63, 3.8) is 0 Å². The largest absolute Gasteiger partial charge is 0.325 e. The van der Waals surface area contributed by atoms with E-state index in [9.17, 15) is 4.79 Å². The molecule has 1 N–H and O–H groups in total. The first kappa shape index (κ1) is 19.7. The van der Waals surface area contributed by atoms with Crippen molar-refractivity contribution in [3.05, 3.63) is 58.1 Å². The zero-order valence-electron chi connectivity index (χ0n) is 14.9. The summed E-state index contributed by atoms with van der Waals surface area (Å²) in [6.45, 7) is 2.09. The van der Waals surface area contributed by atoms with Gasteiger partial charge >= 0.3 is 0 Å². The summed E-state index contributed by atoms with van der Waals surface area (Å²) in [5.74, 6) is 0.753. The Labute approximate surface area is 172 Å². The van der Waals surface area contributed by atoms with Crippen LogP contribution in [0.4, 0.5) is 5.69 Å². The van der Waals surface area contributed by atoms with Crippen LogP contribution in [0.1, 0.15) is 12.5 Å². The van der Waals surface area contributed by atoms with E-state index in [1.807, 2.05) is 35.9 Å². The van der Waals surface area contributed by atoms with Gasteiger partial charge in [0, 0.05) is 23.3 Å². The quantitative estimate of drug-likeness (QED) is 0.564. The van der Waals surface area contributed by atoms with Gasteiger partial charge in [-0.05, 0) is 42.3 Å². The van der Waals surface area contributed by atoms with Gasteiger partial charge in [-0.2, -0.15) is 0 Å². The predicted molar refractivity (Wildman–Crippen MR) is 112 cm³/mol. The Morgan fingerprint density at radius 3 is 2.56 bits per heavy atom. The summed E-state index contributed by atoms with van der Waals surface area (Å²) in [5, 5.41) is 12.9. The lowest BCUT2D eigenvalue weighted by molar-refractivity contribution is -0.113. The fourth-order valence-electron chi connectivity index (χ4n) is 2.50. The third kappa shape index (κ3) is 4.83. The van der Waals surface area contributed by atoms with Crippen LogP contribution < -0.4 is 5.32 Å². The van der Waals surface area contributed by atoms with E-state index in [4.69, 9.17) is 23.2 Å². The number of aromatic nitrogens is 3. The highest BCUT2D eigenvalue weighted by molar-refractivity contribution is 7.99. The number of benzene rings is 2. The highest BCUT2D eigenvalue weighted by Gasteiger charge is 2.15. The SMILES string of the molecule is CCc1ccc(NC(=O)CSc2nnc(-c3ccc(Cl)cc3Cl)n2C)cc1. The molecule has 3 aromatic rings. The molecule has 5 nitrogen and oxygen atoms in total. The van der Waals surface area contributed by atoms with Crippen LogP contribution in [0, 0.1) is 0 Å². The van der Waals surface area contributed by atoms with Gasteiger partial charge in [0.2, 0.25) is 5.91 Å². The van der Waals surface area contributed by atoms with Crippen LogP contribution in [0.25, 0.3) is 11.4 Å². The van der Waals surface area contributed by atoms with Gasteiger partial charge < -0.3 is 9.88 Å². The molecule has 0 saturated carbocycles. The minimum atomic E-state index is -0.0988. The number of carbonyl (C=O) groups is 1. The van der Waals surface area contributed by atoms with E-state index in [2.05, 4.69) is 22.4 Å². The molecule has 0 aliphatic heterocycles. The second-order valence-electron chi connectivity index (χ2n) is 5.88. The fraction of sp³-hybridized carbons (Fsp3) is 0.211. The van der Waals surface area contributed by atoms with Gasteiger partial charge in [-0.25, -0.2) is 0 Å². The number of carbonyl (C=O) groups excluding carboxylic acids is 1. The summed E-state index contributed by atoms with van der Waals surface area (Å²) in [7, 11) is 1.84. The number of nitrogens with zero attached hydrogens (tertiary/aromatic N) is 3. The summed E-state index contributed by atoms with van der Waals surface area (Å²) in [6, 6.07) is 13.0. The van der Waals surface area contributed by atoms with Gasteiger partial charge in [-0.1, -0.05) is 54.0 Å². The van der Waals surface area contributed by atoms with Crippen LogP contribution >= 0.6 is 35.0 Å². The van der Waals surface area contributed by atoms with E-state index in [0.717, 1.165) is 17.7 Å². The van der Waals surface area contributed by atoms with Gasteiger partial charge in [0.15, 0.2) is 11.0 Å². The molecule has 1 aromatic heterocycles. The number of hydrogen-bond donors (Lipinski definition) is 1. The van der Waals surface area contributed by atoms with Crippen molar-refractivity contribution in [1.82, 2.24) is 14.8 Å². The van der Waals surface area contributed by atoms with E-state index >= 15 is 0 Å². The number of amides is 1. The normalized spacial score (nSPS) is 10.8. The maximum Gasteiger partial charge on any atom is 0.234 e. The molecule has 0 spiro atoms. The number of nitrogens with one attached hydrogen (secondary N) is 1. The third-order valence-electron chi connectivity index (χ3n) is 3.99. The van der Waals surface area contributed by atoms with Crippen molar-refractivity contribution in [1.29, 1.82) is 0 Å². The lowest BCUT2D eigenvalue weighted by Crippen LogP contribution is -2.14. The lowest BCUT2D eigenvalue weighted by Gasteiger charge is -2.07. The van der Waals surface area contributed by atoms with Crippen LogP contribution in [0.5, 0.6) is 0 Å². The lowest BCUT2D eigenvalue weighted by atomic mass is 10.1. The maximum atomic E-state index is 12.2. The van der Waals surface area contributed by atoms with Gasteiger partial charge in [-0.3, -0.25) is 4.79 Å². The van der Waals surface area contributed by atoms with Crippen LogP contribution in [0.3, 0.4) is 0 Å². The summed E-state index contributed by atoms with van der Waals surface area (Å²) in [6.07, 6.45) is 0.968. The molecule has 2 aromatic carbocycles. The molecule has 0 atom stereocenters. The van der Waals surface area contributed by atoms with Gasteiger partial charge in [0.05, 0.1) is 10.8 Å². The highest BCUT2D eigenvalue weighted by atomic mass is 35.5. The Hall–Kier alpha value is -2.02. The van der Waals surface area contributed by atoms with Gasteiger partial charge in [0.25, 0.3) is 0 Å². The average Bonchev–Trinajstić information content (AvgIpc) is 3.01. The molecule has 0 aliphatic rings. The Morgan fingerprint density at radius 2 is 1.89 bits per heavy atom. The molecule has 0 saturated heterocycles. The zero-order valence-corrected chi connectivity index (χ0v) is 17.2. The van der Waals surface area contributed by atoms with Crippen LogP contribution in [-0.4, -0.2) is 26.4 Å². The molecule has 0 radical (unpaired) electrons. The Bertz CT molecular complexity index is 957. The molecule has 1 heterocycles. The summed E-state index contributed by atoms with van der Waals surface area (Å²) >= 11 is 13.5. The second kappa shape index (κ2) is 8.78. The standard InChI is InChI=1S/C19H18Cl2N4OS/c1-3-12-4-7-14(8-5-12)22-17(26)11-27-19-24-23-18(25(19)2)15-9-6-13(20)10-16(15)21/h4-10H,3,11H2,1-2H3,(H,22,26). The molecular weight excluding hydrogens is 403 g/mol. The van der Waals surface area contributed by atoms with Crippen molar-refractivity contribution < 1.29 is 4.79 Å². The molecule has 0 aliphatic carbocycles. The van der Waals surface area contributed by atoms with Gasteiger partial charge in [0.1, 0.15) is 0 Å². The van der Waals surface area contributed by atoms with Crippen molar-refractivity contribution in [2.24, 2.45) is 7.05 Å². The summed E-state index contributed by atoms with van der Waals surface area (Å²) in [4.78, 5) is 12.2. The average molecular weight is 421 g/mol. The first-order chi connectivity index (χ1) is 13.0. The number of rotatable bonds is 6. The Morgan fingerprint density at radius 1 is 1.15 bits per heavy atom. The van der Waals surface area contributed by atoms with Crippen LogP contribution in [0.2, 0.25) is 10.0 Å². The van der Waals surface area contributed by atoms with Crippen LogP contribution in [0.15, 0.2) is 47.6 Å². The van der Waals surface area contributed by atoms with Crippen molar-refractivity contribution >= 4 is 46.6 Å². The second-order valence-corrected chi connectivity index (χ2v) is 7.66. The molecule has 8 heteroatoms. The van der Waals surface area contributed by atoms with Crippen molar-refractivity contribution in [2.45, 2.75) is 18.5 Å². The molecule has 0 bridgehead atoms. The van der Waals surface area contributed by atoms with Crippen LogP contribution in [-0.2, 0) is 18.3 Å². The zero-order chi connectivity index (χ0) is 19.4. The monoisotopic (exact) mass is 420 g/mol. The highest BCUT2D eigenvalue weighted by Crippen LogP contribution is 2.30. The summed E-state index contributed by atoms with van der Waals surface area (Å²) < 4.78 is 1.81. The number of thioether (sulfide) groups is 1. The molecule has 1 amide bonds.